The average molecular weight is 368 g/mol. The summed E-state index contributed by atoms with van der Waals surface area (Å²) >= 11 is 5.03. The third kappa shape index (κ3) is 5.13. The van der Waals surface area contributed by atoms with Gasteiger partial charge in [0, 0.05) is 26.3 Å². The average Bonchev–Trinajstić information content (AvgIpc) is 2.39. The van der Waals surface area contributed by atoms with Gasteiger partial charge in [-0.05, 0) is 50.6 Å². The van der Waals surface area contributed by atoms with E-state index >= 15 is 0 Å². The van der Waals surface area contributed by atoms with Gasteiger partial charge in [-0.15, -0.1) is 0 Å². The maximum atomic E-state index is 13.7. The van der Waals surface area contributed by atoms with Gasteiger partial charge in [0.2, 0.25) is 0 Å². The zero-order chi connectivity index (χ0) is 15.5. The van der Waals surface area contributed by atoms with Crippen molar-refractivity contribution in [2.75, 3.05) is 0 Å². The quantitative estimate of drug-likeness (QED) is 0.751. The Labute approximate surface area is 138 Å². The molecule has 0 aliphatic rings. The molecule has 0 saturated heterocycles. The molecule has 0 aromatic heterocycles. The van der Waals surface area contributed by atoms with Gasteiger partial charge < -0.3 is 5.32 Å². The predicted octanol–water partition coefficient (Wildman–Crippen LogP) is 5.63. The van der Waals surface area contributed by atoms with Crippen LogP contribution < -0.4 is 5.32 Å². The molecule has 0 aliphatic carbocycles. The molecule has 2 rings (SSSR count). The molecular formula is C17H19BrFNS. The highest BCUT2D eigenvalue weighted by Crippen LogP contribution is 2.32. The lowest BCUT2D eigenvalue weighted by atomic mass is 10.1. The Bertz CT molecular complexity index is 622. The van der Waals surface area contributed by atoms with Gasteiger partial charge in [-0.25, -0.2) is 4.39 Å². The second kappa shape index (κ2) is 6.95. The maximum Gasteiger partial charge on any atom is 0.137 e. The van der Waals surface area contributed by atoms with E-state index in [1.54, 1.807) is 12.1 Å². The van der Waals surface area contributed by atoms with E-state index in [2.05, 4.69) is 48.1 Å². The third-order valence-electron chi connectivity index (χ3n) is 2.90. The van der Waals surface area contributed by atoms with E-state index < -0.39 is 0 Å². The van der Waals surface area contributed by atoms with Gasteiger partial charge in [0.1, 0.15) is 5.82 Å². The van der Waals surface area contributed by atoms with Crippen LogP contribution in [0.1, 0.15) is 26.3 Å². The van der Waals surface area contributed by atoms with Crippen molar-refractivity contribution in [3.8, 4) is 0 Å². The van der Waals surface area contributed by atoms with Crippen molar-refractivity contribution in [3.63, 3.8) is 0 Å². The zero-order valence-electron chi connectivity index (χ0n) is 12.4. The summed E-state index contributed by atoms with van der Waals surface area (Å²) in [6.45, 7) is 7.23. The minimum Gasteiger partial charge on any atom is -0.308 e. The molecule has 112 valence electrons. The predicted molar refractivity (Wildman–Crippen MR) is 91.3 cm³/mol. The monoisotopic (exact) mass is 367 g/mol. The Morgan fingerprint density at radius 1 is 1.14 bits per heavy atom. The largest absolute Gasteiger partial charge is 0.308 e. The van der Waals surface area contributed by atoms with Crippen LogP contribution >= 0.6 is 27.7 Å². The first kappa shape index (κ1) is 16.5. The van der Waals surface area contributed by atoms with Gasteiger partial charge in [-0.2, -0.15) is 0 Å². The van der Waals surface area contributed by atoms with Gasteiger partial charge in [0.25, 0.3) is 0 Å². The summed E-state index contributed by atoms with van der Waals surface area (Å²) in [4.78, 5) is 1.66. The summed E-state index contributed by atoms with van der Waals surface area (Å²) in [5.74, 6) is -0.183. The van der Waals surface area contributed by atoms with E-state index in [1.165, 1.54) is 23.4 Å². The highest BCUT2D eigenvalue weighted by atomic mass is 79.9. The number of halogens is 2. The number of rotatable bonds is 4. The van der Waals surface area contributed by atoms with E-state index in [9.17, 15) is 4.39 Å². The normalized spacial score (nSPS) is 11.7. The lowest BCUT2D eigenvalue weighted by Crippen LogP contribution is -2.35. The molecule has 1 N–H and O–H groups in total. The summed E-state index contributed by atoms with van der Waals surface area (Å²) < 4.78 is 14.7. The molecule has 0 amide bonds. The van der Waals surface area contributed by atoms with Crippen molar-refractivity contribution in [1.29, 1.82) is 0 Å². The number of nitrogens with one attached hydrogen (secondary N) is 1. The van der Waals surface area contributed by atoms with E-state index in [4.69, 9.17) is 0 Å². The fourth-order valence-electron chi connectivity index (χ4n) is 1.75. The second-order valence-corrected chi connectivity index (χ2v) is 7.86. The Morgan fingerprint density at radius 3 is 2.48 bits per heavy atom. The highest BCUT2D eigenvalue weighted by Gasteiger charge is 2.11. The van der Waals surface area contributed by atoms with E-state index in [0.29, 0.717) is 4.90 Å². The highest BCUT2D eigenvalue weighted by molar-refractivity contribution is 9.10. The maximum absolute atomic E-state index is 13.7. The van der Waals surface area contributed by atoms with Crippen LogP contribution in [0.25, 0.3) is 0 Å². The number of hydrogen-bond donors (Lipinski definition) is 1. The lowest BCUT2D eigenvalue weighted by Gasteiger charge is -2.21. The first-order chi connectivity index (χ1) is 9.85. The van der Waals surface area contributed by atoms with Crippen LogP contribution in [-0.2, 0) is 6.54 Å². The summed E-state index contributed by atoms with van der Waals surface area (Å²) in [6.07, 6.45) is 0. The van der Waals surface area contributed by atoms with Crippen LogP contribution in [-0.4, -0.2) is 5.54 Å². The smallest absolute Gasteiger partial charge is 0.137 e. The molecule has 0 spiro atoms. The minimum atomic E-state index is -0.183. The molecule has 2 aromatic rings. The summed E-state index contributed by atoms with van der Waals surface area (Å²) in [5.41, 5.74) is 1.28. The first-order valence-electron chi connectivity index (χ1n) is 6.81. The number of benzene rings is 2. The minimum absolute atomic E-state index is 0.0834. The molecule has 0 unspecified atom stereocenters. The van der Waals surface area contributed by atoms with Crippen LogP contribution in [0.3, 0.4) is 0 Å². The van der Waals surface area contributed by atoms with Crippen LogP contribution in [0.15, 0.2) is 56.7 Å². The van der Waals surface area contributed by atoms with Gasteiger partial charge in [0.15, 0.2) is 0 Å². The fourth-order valence-corrected chi connectivity index (χ4v) is 3.30. The Morgan fingerprint density at radius 2 is 1.86 bits per heavy atom. The van der Waals surface area contributed by atoms with Crippen molar-refractivity contribution < 1.29 is 4.39 Å². The fraction of sp³-hybridized carbons (Fsp3) is 0.294. The van der Waals surface area contributed by atoms with Crippen LogP contribution in [0.5, 0.6) is 0 Å². The molecular weight excluding hydrogens is 349 g/mol. The summed E-state index contributed by atoms with van der Waals surface area (Å²) in [5, 5.41) is 3.46. The molecule has 0 heterocycles. The Kier molecular flexibility index (Phi) is 5.47. The van der Waals surface area contributed by atoms with E-state index in [0.717, 1.165) is 15.9 Å². The third-order valence-corrected chi connectivity index (χ3v) is 4.68. The lowest BCUT2D eigenvalue weighted by molar-refractivity contribution is 0.424. The topological polar surface area (TPSA) is 12.0 Å². The standard InChI is InChI=1S/C17H19BrFNS/c1-17(2,3)20-11-12-8-9-13(10-14(12)18)21-16-7-5-4-6-15(16)19/h4-10,20H,11H2,1-3H3. The molecule has 0 saturated carbocycles. The molecule has 0 atom stereocenters. The van der Waals surface area contributed by atoms with E-state index in [-0.39, 0.29) is 11.4 Å². The molecule has 0 fully saturated rings. The van der Waals surface area contributed by atoms with Crippen molar-refractivity contribution in [1.82, 2.24) is 5.32 Å². The molecule has 1 nitrogen and oxygen atoms in total. The van der Waals surface area contributed by atoms with Crippen LogP contribution in [0, 0.1) is 5.82 Å². The number of hydrogen-bond acceptors (Lipinski definition) is 2. The van der Waals surface area contributed by atoms with Crippen LogP contribution in [0.4, 0.5) is 4.39 Å². The molecule has 4 heteroatoms. The first-order valence-corrected chi connectivity index (χ1v) is 8.42. The Hall–Kier alpha value is -0.840. The van der Waals surface area contributed by atoms with Gasteiger partial charge in [0.05, 0.1) is 0 Å². The molecule has 0 bridgehead atoms. The molecule has 0 aliphatic heterocycles. The SMILES string of the molecule is CC(C)(C)NCc1ccc(Sc2ccccc2F)cc1Br. The second-order valence-electron chi connectivity index (χ2n) is 5.89. The van der Waals surface area contributed by atoms with Crippen molar-refractivity contribution in [2.45, 2.75) is 42.6 Å². The van der Waals surface area contributed by atoms with E-state index in [1.807, 2.05) is 18.2 Å². The molecule has 2 aromatic carbocycles. The molecule has 0 radical (unpaired) electrons. The zero-order valence-corrected chi connectivity index (χ0v) is 14.8. The Balaban J connectivity index is 2.10. The van der Waals surface area contributed by atoms with Crippen molar-refractivity contribution in [2.24, 2.45) is 0 Å². The van der Waals surface area contributed by atoms with Crippen molar-refractivity contribution >= 4 is 27.7 Å². The summed E-state index contributed by atoms with van der Waals surface area (Å²) in [6, 6.07) is 13.0. The molecule has 21 heavy (non-hydrogen) atoms. The summed E-state index contributed by atoms with van der Waals surface area (Å²) in [7, 11) is 0. The van der Waals surface area contributed by atoms with Crippen LogP contribution in [0.2, 0.25) is 0 Å². The van der Waals surface area contributed by atoms with Crippen molar-refractivity contribution in [3.05, 3.63) is 58.3 Å². The van der Waals surface area contributed by atoms with Gasteiger partial charge >= 0.3 is 0 Å². The van der Waals surface area contributed by atoms with Gasteiger partial charge in [-0.3, -0.25) is 0 Å². The van der Waals surface area contributed by atoms with Gasteiger partial charge in [-0.1, -0.05) is 45.9 Å².